The molecule has 0 aliphatic heterocycles. The number of carbonyl (C=O) groups is 4. The van der Waals surface area contributed by atoms with E-state index < -0.39 is 83.0 Å². The van der Waals surface area contributed by atoms with Crippen molar-refractivity contribution in [3.8, 4) is 5.69 Å². The summed E-state index contributed by atoms with van der Waals surface area (Å²) in [5, 5.41) is 33.7. The molecule has 1 aromatic heterocycles. The van der Waals surface area contributed by atoms with Gasteiger partial charge in [-0.3, -0.25) is 39.2 Å². The van der Waals surface area contributed by atoms with Gasteiger partial charge in [0, 0.05) is 25.1 Å². The topological polar surface area (TPSA) is 253 Å². The molecule has 4 unspecified atom stereocenters. The van der Waals surface area contributed by atoms with Gasteiger partial charge in [0.25, 0.3) is 11.4 Å². The summed E-state index contributed by atoms with van der Waals surface area (Å²) in [4.78, 5) is 82.2. The number of benzene rings is 3. The van der Waals surface area contributed by atoms with Crippen molar-refractivity contribution in [1.82, 2.24) is 25.5 Å². The maximum atomic E-state index is 14.8. The molecule has 2 aliphatic carbocycles. The van der Waals surface area contributed by atoms with Crippen molar-refractivity contribution in [2.75, 3.05) is 13.3 Å². The zero-order chi connectivity index (χ0) is 49.7. The van der Waals surface area contributed by atoms with Gasteiger partial charge in [-0.2, -0.15) is 0 Å². The van der Waals surface area contributed by atoms with Crippen LogP contribution in [0.15, 0.2) is 73.2 Å². The molecule has 1 heterocycles. The van der Waals surface area contributed by atoms with Gasteiger partial charge in [0.15, 0.2) is 12.4 Å². The smallest absolute Gasteiger partial charge is 0.469 e. The molecule has 2 aliphatic rings. The lowest BCUT2D eigenvalue weighted by molar-refractivity contribution is -0.394. The number of amides is 3. The van der Waals surface area contributed by atoms with E-state index >= 15 is 0 Å². The van der Waals surface area contributed by atoms with Crippen LogP contribution in [-0.2, 0) is 45.8 Å². The Balaban J connectivity index is 1.31. The minimum absolute atomic E-state index is 0.00465. The monoisotopic (exact) mass is 972 g/mol. The van der Waals surface area contributed by atoms with Crippen molar-refractivity contribution in [3.63, 3.8) is 0 Å². The van der Waals surface area contributed by atoms with E-state index in [1.807, 2.05) is 42.5 Å². The Hall–Kier alpha value is -6.33. The van der Waals surface area contributed by atoms with E-state index in [0.717, 1.165) is 92.7 Å². The number of nitrogens with zero attached hydrogens (tertiary/aromatic N) is 4. The average molecular weight is 973 g/mol. The van der Waals surface area contributed by atoms with Gasteiger partial charge < -0.3 is 25.4 Å². The van der Waals surface area contributed by atoms with E-state index in [1.54, 1.807) is 20.8 Å². The van der Waals surface area contributed by atoms with E-state index in [-0.39, 0.29) is 42.2 Å². The summed E-state index contributed by atoms with van der Waals surface area (Å²) in [7, 11) is -1.20. The highest BCUT2D eigenvalue weighted by molar-refractivity contribution is 7.39. The molecule has 370 valence electrons. The van der Waals surface area contributed by atoms with Crippen LogP contribution in [0.3, 0.4) is 0 Å². The van der Waals surface area contributed by atoms with Crippen LogP contribution in [0, 0.1) is 38.0 Å². The molecule has 3 amide bonds. The predicted octanol–water partition coefficient (Wildman–Crippen LogP) is 8.94. The van der Waals surface area contributed by atoms with Gasteiger partial charge in [-0.15, -0.1) is 4.52 Å². The summed E-state index contributed by atoms with van der Waals surface area (Å²) < 4.78 is 32.1. The van der Waals surface area contributed by atoms with Crippen molar-refractivity contribution in [2.45, 2.75) is 135 Å². The zero-order valence-electron chi connectivity index (χ0n) is 39.6. The largest absolute Gasteiger partial charge is 0.511 e. The number of hydrogen-bond donors (Lipinski definition) is 3. The van der Waals surface area contributed by atoms with Gasteiger partial charge in [-0.1, -0.05) is 107 Å². The van der Waals surface area contributed by atoms with E-state index in [1.165, 1.54) is 30.3 Å². The second kappa shape index (κ2) is 24.3. The lowest BCUT2D eigenvalue weighted by atomic mass is 9.83. The van der Waals surface area contributed by atoms with Crippen LogP contribution >= 0.6 is 8.03 Å². The van der Waals surface area contributed by atoms with Crippen LogP contribution in [-0.4, -0.2) is 80.5 Å². The Labute approximate surface area is 402 Å². The number of nitro benzene ring substituents is 2. The number of alkyl carbamates (subject to hydrolysis) is 1. The second-order valence-corrected chi connectivity index (χ2v) is 20.3. The summed E-state index contributed by atoms with van der Waals surface area (Å²) in [5.41, 5.74) is -1.08. The van der Waals surface area contributed by atoms with Crippen LogP contribution in [0.4, 0.5) is 16.2 Å². The van der Waals surface area contributed by atoms with Crippen LogP contribution in [0.1, 0.15) is 109 Å². The fourth-order valence-electron chi connectivity index (χ4n) is 9.35. The van der Waals surface area contributed by atoms with Gasteiger partial charge in [0.05, 0.1) is 35.0 Å². The number of nitrogens with one attached hydrogen (secondary N) is 3. The predicted molar refractivity (Wildman–Crippen MR) is 257 cm³/mol. The Morgan fingerprint density at radius 2 is 1.45 bits per heavy atom. The minimum Gasteiger partial charge on any atom is -0.469 e. The third-order valence-corrected chi connectivity index (χ3v) is 13.9. The molecule has 20 heteroatoms. The van der Waals surface area contributed by atoms with Crippen molar-refractivity contribution in [3.05, 3.63) is 105 Å². The highest BCUT2D eigenvalue weighted by Crippen LogP contribution is 2.37. The molecule has 6 rings (SSSR count). The molecule has 0 bridgehead atoms. The number of fused-ring (bicyclic) bond motifs is 1. The van der Waals surface area contributed by atoms with Crippen LogP contribution in [0.5, 0.6) is 0 Å². The molecule has 3 aromatic carbocycles. The number of hydrogen-bond acceptors (Lipinski definition) is 13. The zero-order valence-corrected chi connectivity index (χ0v) is 40.5. The van der Waals surface area contributed by atoms with Gasteiger partial charge in [0.2, 0.25) is 11.8 Å². The first-order valence-electron chi connectivity index (χ1n) is 23.7. The first-order chi connectivity index (χ1) is 33.0. The first-order valence-corrected chi connectivity index (χ1v) is 25.0. The number of methoxy groups -OCH3 is 1. The fourth-order valence-corrected chi connectivity index (χ4v) is 10.5. The molecule has 19 nitrogen and oxygen atoms in total. The van der Waals surface area contributed by atoms with E-state index in [4.69, 9.17) is 14.0 Å². The van der Waals surface area contributed by atoms with E-state index in [9.17, 15) is 44.0 Å². The third-order valence-electron chi connectivity index (χ3n) is 12.7. The van der Waals surface area contributed by atoms with Crippen molar-refractivity contribution >= 4 is 54.1 Å². The highest BCUT2D eigenvalue weighted by atomic mass is 31.1. The lowest BCUT2D eigenvalue weighted by Gasteiger charge is -2.27. The Morgan fingerprint density at radius 3 is 2.10 bits per heavy atom. The molecule has 2 fully saturated rings. The number of aromatic nitrogens is 2. The number of imidazole rings is 1. The SMILES string of the molecule is COC(=O)C(CC1CCCCC1)C[P+](=O)OC(CC1CCCCC1)NC(=O)[C@H](Cc1cn(-c2ccc([N+](=O)[O-])cc2[N+](=O)[O-])cn1)NC(=O)C(Cc1cccc2ccccc12)NC(=O)OC(C)(C)C. The average Bonchev–Trinajstić information content (AvgIpc) is 3.78. The van der Waals surface area contributed by atoms with Gasteiger partial charge in [0.1, 0.15) is 29.3 Å². The standard InChI is InChI=1S/C49H62N7O12P/c1-49(2,3)67-48(60)52-40(26-35-20-13-19-34-18-11-12-21-39(34)35)45(57)51-41(27-37-29-54(31-50-37)42-23-22-38(55(61)62)28-43(42)56(63)64)46(58)53-44(25-33-16-9-6-10-17-33)68-69(65)30-36(47(59)66-4)24-32-14-7-5-8-15-32/h11-13,18-23,28-29,31-33,36,40-41,44H,5-10,14-17,24-27,30H2,1-4H3,(H2-,51,52,53,57,58,60)/p+1/t36?,40?,41-,44?/m0/s1. The third kappa shape index (κ3) is 15.3. The summed E-state index contributed by atoms with van der Waals surface area (Å²) >= 11 is 0. The minimum atomic E-state index is -2.51. The van der Waals surface area contributed by atoms with Gasteiger partial charge >= 0.3 is 20.1 Å². The van der Waals surface area contributed by atoms with E-state index in [0.29, 0.717) is 12.8 Å². The Bertz CT molecular complexity index is 2470. The second-order valence-electron chi connectivity index (χ2n) is 19.1. The maximum absolute atomic E-state index is 14.8. The number of esters is 1. The molecular weight excluding hydrogens is 910 g/mol. The number of non-ortho nitro benzene ring substituents is 1. The molecule has 0 saturated heterocycles. The summed E-state index contributed by atoms with van der Waals surface area (Å²) in [6.45, 7) is 5.05. The van der Waals surface area contributed by atoms with Crippen LogP contribution in [0.25, 0.3) is 16.5 Å². The van der Waals surface area contributed by atoms with Gasteiger partial charge in [-0.25, -0.2) is 9.78 Å². The molecule has 69 heavy (non-hydrogen) atoms. The lowest BCUT2D eigenvalue weighted by Crippen LogP contribution is -2.56. The van der Waals surface area contributed by atoms with Crippen LogP contribution < -0.4 is 16.0 Å². The number of carbonyl (C=O) groups excluding carboxylic acids is 4. The summed E-state index contributed by atoms with van der Waals surface area (Å²) in [6, 6.07) is 13.6. The first kappa shape index (κ1) is 52.0. The van der Waals surface area contributed by atoms with Crippen LogP contribution in [0.2, 0.25) is 0 Å². The number of nitro groups is 2. The molecule has 0 spiro atoms. The molecule has 5 atom stereocenters. The number of ether oxygens (including phenoxy) is 2. The number of rotatable bonds is 21. The Morgan fingerprint density at radius 1 is 0.812 bits per heavy atom. The normalized spacial score (nSPS) is 16.6. The maximum Gasteiger partial charge on any atom is 0.511 e. The molecule has 3 N–H and O–H groups in total. The molecular formula is C49H63N7O12P+. The van der Waals surface area contributed by atoms with Crippen molar-refractivity contribution in [2.24, 2.45) is 17.8 Å². The molecule has 4 aromatic rings. The Kier molecular flexibility index (Phi) is 18.3. The molecule has 0 radical (unpaired) electrons. The highest BCUT2D eigenvalue weighted by Gasteiger charge is 2.38. The van der Waals surface area contributed by atoms with Gasteiger partial charge in [-0.05, 0) is 72.4 Å². The van der Waals surface area contributed by atoms with E-state index in [2.05, 4.69) is 20.9 Å². The summed E-state index contributed by atoms with van der Waals surface area (Å²) in [5.74, 6) is -2.22. The summed E-state index contributed by atoms with van der Waals surface area (Å²) in [6.07, 6.45) is 11.0. The van der Waals surface area contributed by atoms with Crippen molar-refractivity contribution in [1.29, 1.82) is 0 Å². The van der Waals surface area contributed by atoms with Crippen molar-refractivity contribution < 1.29 is 47.6 Å². The molecule has 2 saturated carbocycles. The fraction of sp³-hybridized carbons (Fsp3) is 0.531. The quantitative estimate of drug-likeness (QED) is 0.0232.